The SMILES string of the molecule is O=S(=O)(NCCNc1ccc(Nc2ccncc2)nn1)c1cc(F)cc(F)c1. The summed E-state index contributed by atoms with van der Waals surface area (Å²) in [5, 5.41) is 13.9. The normalized spacial score (nSPS) is 11.2. The first-order valence-corrected chi connectivity index (χ1v) is 9.61. The van der Waals surface area contributed by atoms with Gasteiger partial charge in [-0.25, -0.2) is 21.9 Å². The number of hydrogen-bond acceptors (Lipinski definition) is 7. The molecule has 146 valence electrons. The number of sulfonamides is 1. The Labute approximate surface area is 160 Å². The highest BCUT2D eigenvalue weighted by Gasteiger charge is 2.15. The van der Waals surface area contributed by atoms with Gasteiger partial charge in [0.05, 0.1) is 4.90 Å². The van der Waals surface area contributed by atoms with Crippen molar-refractivity contribution in [3.63, 3.8) is 0 Å². The summed E-state index contributed by atoms with van der Waals surface area (Å²) in [6, 6.07) is 9.04. The fourth-order valence-electron chi connectivity index (χ4n) is 2.22. The second-order valence-electron chi connectivity index (χ2n) is 5.59. The monoisotopic (exact) mass is 406 g/mol. The van der Waals surface area contributed by atoms with Gasteiger partial charge < -0.3 is 10.6 Å². The summed E-state index contributed by atoms with van der Waals surface area (Å²) in [5.41, 5.74) is 0.813. The number of pyridine rings is 1. The lowest BCUT2D eigenvalue weighted by molar-refractivity contribution is 0.562. The van der Waals surface area contributed by atoms with Crippen molar-refractivity contribution in [1.29, 1.82) is 0 Å². The van der Waals surface area contributed by atoms with Gasteiger partial charge in [0, 0.05) is 37.2 Å². The van der Waals surface area contributed by atoms with Crippen LogP contribution in [0.25, 0.3) is 0 Å². The van der Waals surface area contributed by atoms with E-state index in [0.29, 0.717) is 17.7 Å². The van der Waals surface area contributed by atoms with Crippen LogP contribution in [0.4, 0.5) is 26.1 Å². The van der Waals surface area contributed by atoms with E-state index in [-0.39, 0.29) is 13.1 Å². The highest BCUT2D eigenvalue weighted by Crippen LogP contribution is 2.14. The summed E-state index contributed by atoms with van der Waals surface area (Å²) in [6.07, 6.45) is 3.29. The van der Waals surface area contributed by atoms with Crippen LogP contribution in [0.2, 0.25) is 0 Å². The largest absolute Gasteiger partial charge is 0.367 e. The molecular formula is C17H16F2N6O2S. The van der Waals surface area contributed by atoms with Crippen molar-refractivity contribution >= 4 is 27.3 Å². The molecule has 0 fully saturated rings. The highest BCUT2D eigenvalue weighted by atomic mass is 32.2. The summed E-state index contributed by atoms with van der Waals surface area (Å²) in [5.74, 6) is -0.953. The topological polar surface area (TPSA) is 109 Å². The lowest BCUT2D eigenvalue weighted by Crippen LogP contribution is -2.29. The van der Waals surface area contributed by atoms with Gasteiger partial charge in [0.15, 0.2) is 5.82 Å². The smallest absolute Gasteiger partial charge is 0.240 e. The van der Waals surface area contributed by atoms with Crippen molar-refractivity contribution in [2.45, 2.75) is 4.90 Å². The van der Waals surface area contributed by atoms with Crippen LogP contribution in [0.1, 0.15) is 0 Å². The molecule has 28 heavy (non-hydrogen) atoms. The Balaban J connectivity index is 1.49. The summed E-state index contributed by atoms with van der Waals surface area (Å²) in [7, 11) is -4.02. The van der Waals surface area contributed by atoms with E-state index in [0.717, 1.165) is 17.8 Å². The Bertz CT molecular complexity index is 1010. The Morgan fingerprint density at radius 2 is 1.50 bits per heavy atom. The standard InChI is InChI=1S/C17H16F2N6O2S/c18-12-9-13(19)11-15(10-12)28(26,27)22-8-7-21-16-1-2-17(25-24-16)23-14-3-5-20-6-4-14/h1-6,9-11,22H,7-8H2,(H,21,24)(H,20,23,25). The number of rotatable bonds is 8. The van der Waals surface area contributed by atoms with Crippen molar-refractivity contribution in [2.24, 2.45) is 0 Å². The number of hydrogen-bond donors (Lipinski definition) is 3. The van der Waals surface area contributed by atoms with Gasteiger partial charge in [-0.05, 0) is 36.4 Å². The molecule has 3 rings (SSSR count). The summed E-state index contributed by atoms with van der Waals surface area (Å²) < 4.78 is 52.7. The molecule has 11 heteroatoms. The number of halogens is 2. The molecular weight excluding hydrogens is 390 g/mol. The van der Waals surface area contributed by atoms with Crippen LogP contribution < -0.4 is 15.4 Å². The molecule has 2 aromatic heterocycles. The van der Waals surface area contributed by atoms with E-state index in [1.165, 1.54) is 0 Å². The summed E-state index contributed by atoms with van der Waals surface area (Å²) >= 11 is 0. The molecule has 3 N–H and O–H groups in total. The summed E-state index contributed by atoms with van der Waals surface area (Å²) in [4.78, 5) is 3.44. The van der Waals surface area contributed by atoms with Gasteiger partial charge in [0.2, 0.25) is 10.0 Å². The fourth-order valence-corrected chi connectivity index (χ4v) is 3.29. The van der Waals surface area contributed by atoms with Crippen LogP contribution in [0.5, 0.6) is 0 Å². The fraction of sp³-hybridized carbons (Fsp3) is 0.118. The quantitative estimate of drug-likeness (QED) is 0.493. The van der Waals surface area contributed by atoms with Gasteiger partial charge >= 0.3 is 0 Å². The molecule has 0 saturated carbocycles. The predicted octanol–water partition coefficient (Wildman–Crippen LogP) is 2.28. The maximum absolute atomic E-state index is 13.2. The third kappa shape index (κ3) is 5.41. The zero-order valence-corrected chi connectivity index (χ0v) is 15.2. The molecule has 0 amide bonds. The Morgan fingerprint density at radius 1 is 0.857 bits per heavy atom. The van der Waals surface area contributed by atoms with Crippen LogP contribution in [0.3, 0.4) is 0 Å². The van der Waals surface area contributed by atoms with E-state index >= 15 is 0 Å². The molecule has 0 saturated heterocycles. The molecule has 0 radical (unpaired) electrons. The minimum absolute atomic E-state index is 0.0147. The predicted molar refractivity (Wildman–Crippen MR) is 99.6 cm³/mol. The first-order valence-electron chi connectivity index (χ1n) is 8.13. The van der Waals surface area contributed by atoms with E-state index in [1.807, 2.05) is 0 Å². The first-order chi connectivity index (χ1) is 13.4. The number of benzene rings is 1. The van der Waals surface area contributed by atoms with E-state index < -0.39 is 26.6 Å². The highest BCUT2D eigenvalue weighted by molar-refractivity contribution is 7.89. The molecule has 0 unspecified atom stereocenters. The number of aromatic nitrogens is 3. The Kier molecular flexibility index (Phi) is 6.06. The third-order valence-electron chi connectivity index (χ3n) is 3.49. The molecule has 1 aromatic carbocycles. The van der Waals surface area contributed by atoms with Crippen molar-refractivity contribution in [3.8, 4) is 0 Å². The number of nitrogens with zero attached hydrogens (tertiary/aromatic N) is 3. The molecule has 2 heterocycles. The van der Waals surface area contributed by atoms with E-state index in [2.05, 4.69) is 30.5 Å². The van der Waals surface area contributed by atoms with E-state index in [4.69, 9.17) is 0 Å². The molecule has 0 aliphatic heterocycles. The molecule has 0 atom stereocenters. The zero-order valence-electron chi connectivity index (χ0n) is 14.4. The second-order valence-corrected chi connectivity index (χ2v) is 7.36. The molecule has 8 nitrogen and oxygen atoms in total. The van der Waals surface area contributed by atoms with Gasteiger partial charge in [-0.15, -0.1) is 10.2 Å². The van der Waals surface area contributed by atoms with Crippen molar-refractivity contribution in [3.05, 3.63) is 66.5 Å². The van der Waals surface area contributed by atoms with Crippen LogP contribution in [-0.2, 0) is 10.0 Å². The maximum atomic E-state index is 13.2. The second kappa shape index (κ2) is 8.67. The Hall–Kier alpha value is -3.18. The van der Waals surface area contributed by atoms with Crippen LogP contribution in [0, 0.1) is 11.6 Å². The van der Waals surface area contributed by atoms with Crippen molar-refractivity contribution in [1.82, 2.24) is 19.9 Å². The molecule has 0 aliphatic rings. The van der Waals surface area contributed by atoms with Gasteiger partial charge in [-0.2, -0.15) is 0 Å². The van der Waals surface area contributed by atoms with E-state index in [1.54, 1.807) is 36.7 Å². The van der Waals surface area contributed by atoms with Crippen LogP contribution >= 0.6 is 0 Å². The maximum Gasteiger partial charge on any atom is 0.240 e. The average Bonchev–Trinajstić information content (AvgIpc) is 2.67. The summed E-state index contributed by atoms with van der Waals surface area (Å²) in [6.45, 7) is 0.183. The molecule has 0 bridgehead atoms. The Morgan fingerprint density at radius 3 is 2.14 bits per heavy atom. The van der Waals surface area contributed by atoms with Crippen molar-refractivity contribution in [2.75, 3.05) is 23.7 Å². The molecule has 0 aliphatic carbocycles. The van der Waals surface area contributed by atoms with Crippen LogP contribution in [-0.4, -0.2) is 36.7 Å². The van der Waals surface area contributed by atoms with Gasteiger partial charge in [0.1, 0.15) is 17.5 Å². The average molecular weight is 406 g/mol. The minimum atomic E-state index is -4.02. The van der Waals surface area contributed by atoms with Gasteiger partial charge in [-0.3, -0.25) is 4.98 Å². The van der Waals surface area contributed by atoms with Gasteiger partial charge in [0.25, 0.3) is 0 Å². The number of nitrogens with one attached hydrogen (secondary N) is 3. The first kappa shape index (κ1) is 19.6. The van der Waals surface area contributed by atoms with E-state index in [9.17, 15) is 17.2 Å². The van der Waals surface area contributed by atoms with Crippen molar-refractivity contribution < 1.29 is 17.2 Å². The zero-order chi connectivity index (χ0) is 20.0. The minimum Gasteiger partial charge on any atom is -0.367 e. The third-order valence-corrected chi connectivity index (χ3v) is 4.93. The lowest BCUT2D eigenvalue weighted by atomic mass is 10.3. The molecule has 3 aromatic rings. The molecule has 0 spiro atoms. The van der Waals surface area contributed by atoms with Gasteiger partial charge in [-0.1, -0.05) is 0 Å². The number of anilines is 3. The lowest BCUT2D eigenvalue weighted by Gasteiger charge is -2.09. The van der Waals surface area contributed by atoms with Crippen LogP contribution in [0.15, 0.2) is 59.8 Å².